The third-order valence-electron chi connectivity index (χ3n) is 9.97. The molecule has 7 aromatic carbocycles. The Morgan fingerprint density at radius 2 is 0.980 bits per heavy atom. The minimum atomic E-state index is 0.0902. The molecule has 0 aliphatic rings. The van der Waals surface area contributed by atoms with Gasteiger partial charge < -0.3 is 9.47 Å². The summed E-state index contributed by atoms with van der Waals surface area (Å²) in [6.07, 6.45) is 0. The third-order valence-corrected chi connectivity index (χ3v) is 11.2. The molecule has 0 atom stereocenters. The Morgan fingerprint density at radius 1 is 0.471 bits per heavy atom. The molecule has 9 rings (SSSR count). The molecular weight excluding hydrogens is 637 g/mol. The van der Waals surface area contributed by atoms with Crippen molar-refractivity contribution in [3.63, 3.8) is 0 Å². The Kier molecular flexibility index (Phi) is 7.60. The second kappa shape index (κ2) is 12.5. The molecule has 0 amide bonds. The largest absolute Gasteiger partial charge is 0.311 e. The number of thiophene rings is 1. The predicted octanol–water partition coefficient (Wildman–Crippen LogP) is 14.1. The molecule has 0 aliphatic heterocycles. The van der Waals surface area contributed by atoms with Crippen molar-refractivity contribution in [3.05, 3.63) is 181 Å². The van der Waals surface area contributed by atoms with E-state index >= 15 is 0 Å². The van der Waals surface area contributed by atoms with Crippen LogP contribution >= 0.6 is 11.3 Å². The lowest BCUT2D eigenvalue weighted by Crippen LogP contribution is -2.13. The maximum absolute atomic E-state index is 2.43. The van der Waals surface area contributed by atoms with Gasteiger partial charge in [-0.15, -0.1) is 11.3 Å². The first-order valence-corrected chi connectivity index (χ1v) is 18.4. The number of anilines is 3. The van der Waals surface area contributed by atoms with Crippen LogP contribution in [0.25, 0.3) is 59.1 Å². The summed E-state index contributed by atoms with van der Waals surface area (Å²) in [6.45, 7) is 6.79. The van der Waals surface area contributed by atoms with Crippen molar-refractivity contribution < 1.29 is 0 Å². The predicted molar refractivity (Wildman–Crippen MR) is 220 cm³/mol. The van der Waals surface area contributed by atoms with Gasteiger partial charge in [0.15, 0.2) is 0 Å². The number of aromatic nitrogens is 1. The van der Waals surface area contributed by atoms with Crippen LogP contribution in [0, 0.1) is 0 Å². The molecule has 0 saturated carbocycles. The van der Waals surface area contributed by atoms with E-state index < -0.39 is 0 Å². The number of fused-ring (bicyclic) bond motifs is 5. The van der Waals surface area contributed by atoms with Crippen molar-refractivity contribution in [3.8, 4) is 27.9 Å². The fourth-order valence-electron chi connectivity index (χ4n) is 7.29. The minimum Gasteiger partial charge on any atom is -0.311 e. The highest BCUT2D eigenvalue weighted by Gasteiger charge is 2.20. The van der Waals surface area contributed by atoms with Gasteiger partial charge in [0.1, 0.15) is 0 Å². The lowest BCUT2D eigenvalue weighted by molar-refractivity contribution is 0.590. The van der Waals surface area contributed by atoms with Gasteiger partial charge in [-0.2, -0.15) is 0 Å². The van der Waals surface area contributed by atoms with E-state index in [1.807, 2.05) is 11.3 Å². The molecular formula is C48H38N2S. The Morgan fingerprint density at radius 3 is 1.61 bits per heavy atom. The number of nitrogens with zero attached hydrogens (tertiary/aromatic N) is 2. The van der Waals surface area contributed by atoms with Gasteiger partial charge in [0.05, 0.1) is 15.7 Å². The van der Waals surface area contributed by atoms with Gasteiger partial charge in [-0.1, -0.05) is 130 Å². The average Bonchev–Trinajstić information content (AvgIpc) is 3.70. The van der Waals surface area contributed by atoms with Gasteiger partial charge >= 0.3 is 0 Å². The van der Waals surface area contributed by atoms with Crippen molar-refractivity contribution in [2.75, 3.05) is 4.90 Å². The Hall–Kier alpha value is -5.90. The molecule has 0 unspecified atom stereocenters. The Bertz CT molecular complexity index is 2620. The monoisotopic (exact) mass is 674 g/mol. The smallest absolute Gasteiger partial charge is 0.0727 e. The van der Waals surface area contributed by atoms with Crippen molar-refractivity contribution in [2.24, 2.45) is 0 Å². The number of hydrogen-bond donors (Lipinski definition) is 0. The fraction of sp³-hybridized carbons (Fsp3) is 0.0833. The zero-order chi connectivity index (χ0) is 34.5. The van der Waals surface area contributed by atoms with Gasteiger partial charge in [-0.05, 0) is 100.0 Å². The summed E-state index contributed by atoms with van der Waals surface area (Å²) in [7, 11) is 0. The van der Waals surface area contributed by atoms with E-state index in [4.69, 9.17) is 0 Å². The van der Waals surface area contributed by atoms with E-state index in [-0.39, 0.29) is 5.41 Å². The zero-order valence-electron chi connectivity index (χ0n) is 29.0. The second-order valence-corrected chi connectivity index (χ2v) is 15.3. The van der Waals surface area contributed by atoms with Crippen molar-refractivity contribution in [2.45, 2.75) is 26.2 Å². The standard InChI is InChI=1S/C48H38N2S/c1-48(2,3)37-23-29-41(30-24-37)49(39-25-18-34(19-26-39)33-12-6-4-7-13-33)40-27-20-35(21-28-40)36-22-31-44-43(32-36)47-46(42-16-10-11-17-45(42)51-47)50(44)38-14-8-5-9-15-38/h4-32H,1-3H3. The summed E-state index contributed by atoms with van der Waals surface area (Å²) in [5, 5.41) is 2.59. The Labute approximate surface area is 303 Å². The summed E-state index contributed by atoms with van der Waals surface area (Å²) in [5.41, 5.74) is 13.4. The van der Waals surface area contributed by atoms with E-state index in [1.54, 1.807) is 0 Å². The molecule has 0 N–H and O–H groups in total. The molecule has 2 aromatic heterocycles. The first-order valence-electron chi connectivity index (χ1n) is 17.6. The van der Waals surface area contributed by atoms with Crippen LogP contribution in [0.5, 0.6) is 0 Å². The number of rotatable bonds is 6. The molecule has 0 saturated heterocycles. The number of para-hydroxylation sites is 1. The first kappa shape index (κ1) is 31.1. The average molecular weight is 675 g/mol. The molecule has 0 fully saturated rings. The summed E-state index contributed by atoms with van der Waals surface area (Å²) < 4.78 is 5.08. The van der Waals surface area contributed by atoms with E-state index in [2.05, 4.69) is 206 Å². The van der Waals surface area contributed by atoms with Crippen LogP contribution < -0.4 is 4.90 Å². The van der Waals surface area contributed by atoms with E-state index in [0.29, 0.717) is 0 Å². The highest BCUT2D eigenvalue weighted by atomic mass is 32.1. The summed E-state index contributed by atoms with van der Waals surface area (Å²) in [4.78, 5) is 2.36. The second-order valence-electron chi connectivity index (χ2n) is 14.3. The maximum Gasteiger partial charge on any atom is 0.0727 e. The molecule has 2 nitrogen and oxygen atoms in total. The normalized spacial score (nSPS) is 11.8. The molecule has 0 bridgehead atoms. The zero-order valence-corrected chi connectivity index (χ0v) is 29.9. The first-order chi connectivity index (χ1) is 24.9. The number of benzene rings is 7. The van der Waals surface area contributed by atoms with E-state index in [9.17, 15) is 0 Å². The molecule has 246 valence electrons. The summed E-state index contributed by atoms with van der Waals surface area (Å²) in [6, 6.07) is 64.0. The molecule has 0 radical (unpaired) electrons. The van der Waals surface area contributed by atoms with Crippen molar-refractivity contribution >= 4 is 59.6 Å². The van der Waals surface area contributed by atoms with E-state index in [0.717, 1.165) is 17.1 Å². The van der Waals surface area contributed by atoms with Crippen LogP contribution in [0.4, 0.5) is 17.1 Å². The highest BCUT2D eigenvalue weighted by Crippen LogP contribution is 2.44. The fourth-order valence-corrected chi connectivity index (χ4v) is 8.50. The lowest BCUT2D eigenvalue weighted by Gasteiger charge is -2.27. The van der Waals surface area contributed by atoms with Gasteiger partial charge in [-0.25, -0.2) is 0 Å². The highest BCUT2D eigenvalue weighted by molar-refractivity contribution is 7.26. The number of hydrogen-bond acceptors (Lipinski definition) is 2. The summed E-state index contributed by atoms with van der Waals surface area (Å²) >= 11 is 1.89. The van der Waals surface area contributed by atoms with Crippen molar-refractivity contribution in [1.82, 2.24) is 4.57 Å². The van der Waals surface area contributed by atoms with Crippen molar-refractivity contribution in [1.29, 1.82) is 0 Å². The molecule has 3 heteroatoms. The topological polar surface area (TPSA) is 8.17 Å². The van der Waals surface area contributed by atoms with Gasteiger partial charge in [0.2, 0.25) is 0 Å². The molecule has 0 aliphatic carbocycles. The SMILES string of the molecule is CC(C)(C)c1ccc(N(c2ccc(-c3ccccc3)cc2)c2ccc(-c3ccc4c(c3)c3sc5ccccc5c3n4-c3ccccc3)cc2)cc1. The molecule has 9 aromatic rings. The van der Waals surface area contributed by atoms with Crippen LogP contribution in [0.1, 0.15) is 26.3 Å². The van der Waals surface area contributed by atoms with Crippen LogP contribution in [0.3, 0.4) is 0 Å². The molecule has 51 heavy (non-hydrogen) atoms. The van der Waals surface area contributed by atoms with Crippen LogP contribution in [0.2, 0.25) is 0 Å². The summed E-state index contributed by atoms with van der Waals surface area (Å²) in [5.74, 6) is 0. The Balaban J connectivity index is 1.13. The quantitative estimate of drug-likeness (QED) is 0.170. The lowest BCUT2D eigenvalue weighted by atomic mass is 9.87. The third kappa shape index (κ3) is 5.60. The molecule has 0 spiro atoms. The molecule has 2 heterocycles. The minimum absolute atomic E-state index is 0.0902. The van der Waals surface area contributed by atoms with Crippen LogP contribution in [0.15, 0.2) is 176 Å². The maximum atomic E-state index is 2.43. The van der Waals surface area contributed by atoms with E-state index in [1.165, 1.54) is 64.7 Å². The van der Waals surface area contributed by atoms with Gasteiger partial charge in [0, 0.05) is 38.2 Å². The van der Waals surface area contributed by atoms with Gasteiger partial charge in [0.25, 0.3) is 0 Å². The van der Waals surface area contributed by atoms with Crippen LogP contribution in [-0.4, -0.2) is 4.57 Å². The van der Waals surface area contributed by atoms with Crippen LogP contribution in [-0.2, 0) is 5.41 Å². The van der Waals surface area contributed by atoms with Gasteiger partial charge in [-0.3, -0.25) is 0 Å².